The molecule has 0 saturated carbocycles. The molecule has 0 bridgehead atoms. The Labute approximate surface area is 258 Å². The van der Waals surface area contributed by atoms with Crippen LogP contribution in [-0.4, -0.2) is 84.2 Å². The van der Waals surface area contributed by atoms with Crippen molar-refractivity contribution in [2.45, 2.75) is 70.7 Å². The molecule has 2 unspecified atom stereocenters. The molecule has 1 saturated heterocycles. The van der Waals surface area contributed by atoms with Crippen LogP contribution in [0.1, 0.15) is 47.9 Å². The molecule has 1 aliphatic rings. The topological polar surface area (TPSA) is 123 Å². The molecule has 3 aromatic carbocycles. The van der Waals surface area contributed by atoms with E-state index in [1.54, 1.807) is 0 Å². The van der Waals surface area contributed by atoms with E-state index in [9.17, 15) is 19.5 Å². The lowest BCUT2D eigenvalue weighted by molar-refractivity contribution is -0.176. The van der Waals surface area contributed by atoms with Gasteiger partial charge in [-0.15, -0.1) is 0 Å². The first kappa shape index (κ1) is 33.1. The minimum absolute atomic E-state index is 0.156. The van der Waals surface area contributed by atoms with E-state index in [0.717, 1.165) is 31.2 Å². The van der Waals surface area contributed by atoms with Crippen LogP contribution in [-0.2, 0) is 41.4 Å². The van der Waals surface area contributed by atoms with E-state index in [4.69, 9.17) is 19.3 Å². The minimum atomic E-state index is -1.73. The van der Waals surface area contributed by atoms with Crippen LogP contribution in [0.15, 0.2) is 60.7 Å². The van der Waals surface area contributed by atoms with Gasteiger partial charge in [0, 0.05) is 19.7 Å². The maximum Gasteiger partial charge on any atom is 0.336 e. The van der Waals surface area contributed by atoms with E-state index in [1.165, 1.54) is 32.4 Å². The van der Waals surface area contributed by atoms with Crippen LogP contribution in [0.2, 0.25) is 0 Å². The van der Waals surface area contributed by atoms with Crippen molar-refractivity contribution >= 4 is 28.6 Å². The van der Waals surface area contributed by atoms with Gasteiger partial charge in [-0.3, -0.25) is 4.79 Å². The summed E-state index contributed by atoms with van der Waals surface area (Å²) in [6.45, 7) is 4.67. The molecule has 4 rings (SSSR count). The summed E-state index contributed by atoms with van der Waals surface area (Å²) in [6, 6.07) is 20.9. The van der Waals surface area contributed by atoms with Crippen molar-refractivity contribution in [2.75, 3.05) is 32.9 Å². The summed E-state index contributed by atoms with van der Waals surface area (Å²) in [5.74, 6) is -3.30. The molecule has 2 N–H and O–H groups in total. The van der Waals surface area contributed by atoms with Gasteiger partial charge in [-0.05, 0) is 79.0 Å². The second-order valence-electron chi connectivity index (χ2n) is 11.5. The number of fused-ring (bicyclic) bond motifs is 1. The predicted molar refractivity (Wildman–Crippen MR) is 167 cm³/mol. The quantitative estimate of drug-likeness (QED) is 0.207. The van der Waals surface area contributed by atoms with Crippen LogP contribution in [0, 0.1) is 13.8 Å². The number of carboxylic acid groups (broad SMARTS) is 2. The van der Waals surface area contributed by atoms with Gasteiger partial charge < -0.3 is 29.3 Å². The number of aliphatic carboxylic acids is 2. The molecule has 1 heterocycles. The minimum Gasteiger partial charge on any atom is -0.480 e. The lowest BCUT2D eigenvalue weighted by Crippen LogP contribution is -2.50. The van der Waals surface area contributed by atoms with Crippen LogP contribution < -0.4 is 0 Å². The zero-order valence-electron chi connectivity index (χ0n) is 25.6. The number of carboxylic acids is 2. The van der Waals surface area contributed by atoms with Crippen molar-refractivity contribution in [3.63, 3.8) is 0 Å². The van der Waals surface area contributed by atoms with Gasteiger partial charge in [-0.25, -0.2) is 9.59 Å². The predicted octanol–water partition coefficient (Wildman–Crippen LogP) is 4.97. The maximum atomic E-state index is 13.5. The summed E-state index contributed by atoms with van der Waals surface area (Å²) in [7, 11) is 0. The number of carbonyl (C=O) groups excluding carboxylic acids is 1. The number of ether oxygens (including phenoxy) is 3. The Balaban J connectivity index is 1.28. The Hall–Kier alpha value is -3.79. The van der Waals surface area contributed by atoms with E-state index in [2.05, 4.69) is 62.4 Å². The van der Waals surface area contributed by atoms with Crippen molar-refractivity contribution in [1.29, 1.82) is 0 Å². The molecule has 0 aliphatic carbocycles. The zero-order valence-corrected chi connectivity index (χ0v) is 25.6. The molecule has 0 aromatic heterocycles. The molecule has 0 radical (unpaired) electrons. The number of carbonyl (C=O) groups is 3. The van der Waals surface area contributed by atoms with Gasteiger partial charge in [0.25, 0.3) is 5.91 Å². The van der Waals surface area contributed by atoms with Gasteiger partial charge in [0.15, 0.2) is 12.2 Å². The molecule has 1 amide bonds. The molecule has 0 spiro atoms. The zero-order chi connectivity index (χ0) is 31.5. The lowest BCUT2D eigenvalue weighted by Gasteiger charge is -2.27. The largest absolute Gasteiger partial charge is 0.480 e. The third kappa shape index (κ3) is 9.61. The number of unbranched alkanes of at least 4 members (excludes halogenated alkanes) is 2. The fourth-order valence-corrected chi connectivity index (χ4v) is 5.50. The number of amides is 1. The van der Waals surface area contributed by atoms with Crippen molar-refractivity contribution < 1.29 is 38.8 Å². The van der Waals surface area contributed by atoms with Crippen LogP contribution in [0.4, 0.5) is 0 Å². The molecule has 3 aromatic rings. The van der Waals surface area contributed by atoms with Gasteiger partial charge >= 0.3 is 11.9 Å². The van der Waals surface area contributed by atoms with E-state index in [0.29, 0.717) is 32.5 Å². The molecule has 44 heavy (non-hydrogen) atoms. The van der Waals surface area contributed by atoms with Crippen LogP contribution in [0.3, 0.4) is 0 Å². The number of nitrogens with zero attached hydrogens (tertiary/aromatic N) is 1. The Bertz CT molecular complexity index is 1420. The number of hydrogen-bond donors (Lipinski definition) is 2. The number of rotatable bonds is 17. The van der Waals surface area contributed by atoms with Crippen LogP contribution in [0.25, 0.3) is 10.8 Å². The highest BCUT2D eigenvalue weighted by atomic mass is 16.6. The first-order valence-electron chi connectivity index (χ1n) is 15.3. The van der Waals surface area contributed by atoms with Crippen molar-refractivity contribution in [3.05, 3.63) is 82.9 Å². The highest BCUT2D eigenvalue weighted by molar-refractivity contribution is 5.88. The fourth-order valence-electron chi connectivity index (χ4n) is 5.50. The lowest BCUT2D eigenvalue weighted by atomic mass is 10.0. The van der Waals surface area contributed by atoms with E-state index >= 15 is 0 Å². The highest BCUT2D eigenvalue weighted by Gasteiger charge is 2.40. The van der Waals surface area contributed by atoms with Gasteiger partial charge in [0.05, 0.1) is 12.7 Å². The van der Waals surface area contributed by atoms with Gasteiger partial charge in [-0.1, -0.05) is 67.1 Å². The van der Waals surface area contributed by atoms with E-state index in [-0.39, 0.29) is 12.7 Å². The van der Waals surface area contributed by atoms with E-state index in [1.807, 2.05) is 12.1 Å². The van der Waals surface area contributed by atoms with E-state index < -0.39 is 36.7 Å². The fraction of sp³-hybridized carbons (Fsp3) is 0.457. The summed E-state index contributed by atoms with van der Waals surface area (Å²) in [6.07, 6.45) is 1.26. The third-order valence-corrected chi connectivity index (χ3v) is 8.14. The summed E-state index contributed by atoms with van der Waals surface area (Å²) in [5, 5.41) is 21.2. The van der Waals surface area contributed by atoms with Gasteiger partial charge in [0.1, 0.15) is 6.61 Å². The monoisotopic (exact) mass is 605 g/mol. The van der Waals surface area contributed by atoms with Crippen molar-refractivity contribution in [3.8, 4) is 0 Å². The highest BCUT2D eigenvalue weighted by Crippen LogP contribution is 2.20. The number of benzene rings is 3. The average Bonchev–Trinajstić information content (AvgIpc) is 3.48. The number of aryl methyl sites for hydroxylation is 3. The summed E-state index contributed by atoms with van der Waals surface area (Å²) in [5.41, 5.74) is 4.94. The Morgan fingerprint density at radius 1 is 0.818 bits per heavy atom. The molecule has 236 valence electrons. The Kier molecular flexibility index (Phi) is 12.3. The molecular weight excluding hydrogens is 562 g/mol. The smallest absolute Gasteiger partial charge is 0.336 e. The first-order chi connectivity index (χ1) is 21.2. The molecule has 1 fully saturated rings. The molecular formula is C35H43NO8. The standard InChI is InChI=1S/C35H43NO8/c1-24-11-12-26(20-25(24)2)8-4-3-7-18-43-32(33(35(40)41)44-23-31(37)38)34(39)36-17-15-30(22-36)42-19-16-27-13-14-28-9-5-6-10-29(28)21-27/h5-6,9-14,20-21,30,32-33H,3-4,7-8,15-19,22-23H2,1-2H3,(H,37,38)(H,40,41)/t30-,32?,33?/m1/s1. The summed E-state index contributed by atoms with van der Waals surface area (Å²) < 4.78 is 17.1. The van der Waals surface area contributed by atoms with Crippen LogP contribution in [0.5, 0.6) is 0 Å². The molecule has 3 atom stereocenters. The van der Waals surface area contributed by atoms with Crippen LogP contribution >= 0.6 is 0 Å². The molecule has 9 heteroatoms. The maximum absolute atomic E-state index is 13.5. The van der Waals surface area contributed by atoms with Gasteiger partial charge in [0.2, 0.25) is 0 Å². The SMILES string of the molecule is Cc1ccc(CCCCCOC(C(=O)N2CC[C@@H](OCCc3ccc4ccccc4c3)C2)C(OCC(=O)O)C(=O)O)cc1C. The van der Waals surface area contributed by atoms with Gasteiger partial charge in [-0.2, -0.15) is 0 Å². The number of likely N-dealkylation sites (tertiary alicyclic amines) is 1. The second kappa shape index (κ2) is 16.3. The average molecular weight is 606 g/mol. The normalized spacial score (nSPS) is 16.2. The summed E-state index contributed by atoms with van der Waals surface area (Å²) >= 11 is 0. The molecule has 1 aliphatic heterocycles. The van der Waals surface area contributed by atoms with Crippen molar-refractivity contribution in [1.82, 2.24) is 4.90 Å². The Morgan fingerprint density at radius 3 is 2.32 bits per heavy atom. The Morgan fingerprint density at radius 2 is 1.57 bits per heavy atom. The van der Waals surface area contributed by atoms with Crippen molar-refractivity contribution in [2.24, 2.45) is 0 Å². The number of hydrogen-bond acceptors (Lipinski definition) is 6. The second-order valence-corrected chi connectivity index (χ2v) is 11.5. The molecule has 9 nitrogen and oxygen atoms in total. The summed E-state index contributed by atoms with van der Waals surface area (Å²) in [4.78, 5) is 38.2. The third-order valence-electron chi connectivity index (χ3n) is 8.14. The first-order valence-corrected chi connectivity index (χ1v) is 15.3.